The van der Waals surface area contributed by atoms with Gasteiger partial charge in [-0.2, -0.15) is 0 Å². The lowest BCUT2D eigenvalue weighted by Gasteiger charge is -2.12. The number of ether oxygens (including phenoxy) is 2. The molecule has 5 heteroatoms. The highest BCUT2D eigenvalue weighted by Gasteiger charge is 2.12. The Balaban J connectivity index is 3.41. The van der Waals surface area contributed by atoms with Gasteiger partial charge in [0.2, 0.25) is 0 Å². The smallest absolute Gasteiger partial charge is 0.305 e. The quantitative estimate of drug-likeness (QED) is 0.0617. The fourth-order valence-electron chi connectivity index (χ4n) is 5.36. The first-order valence-electron chi connectivity index (χ1n) is 18.3. The fourth-order valence-corrected chi connectivity index (χ4v) is 5.36. The molecule has 0 aliphatic heterocycles. The zero-order valence-electron chi connectivity index (χ0n) is 28.6. The van der Waals surface area contributed by atoms with Gasteiger partial charge < -0.3 is 14.6 Å². The van der Waals surface area contributed by atoms with Crippen molar-refractivity contribution in [1.82, 2.24) is 0 Å². The first-order chi connectivity index (χ1) is 20.3. The molecule has 0 aliphatic carbocycles. The van der Waals surface area contributed by atoms with E-state index < -0.39 is 6.10 Å². The minimum Gasteiger partial charge on any atom is -0.463 e. The summed E-state index contributed by atoms with van der Waals surface area (Å²) in [5.74, 6) is 1.16. The Kier molecular flexibility index (Phi) is 30.5. The third-order valence-electron chi connectivity index (χ3n) is 8.56. The highest BCUT2D eigenvalue weighted by Crippen LogP contribution is 2.16. The number of rotatable bonds is 32. The van der Waals surface area contributed by atoms with Crippen molar-refractivity contribution < 1.29 is 24.2 Å². The number of aliphatic hydroxyl groups excluding tert-OH is 1. The molecule has 0 spiro atoms. The molecule has 5 nitrogen and oxygen atoms in total. The number of aliphatic hydroxyl groups is 1. The lowest BCUT2D eigenvalue weighted by atomic mass is 9.99. The number of hydrogen-bond acceptors (Lipinski definition) is 5. The van der Waals surface area contributed by atoms with Gasteiger partial charge in [0.1, 0.15) is 19.3 Å². The van der Waals surface area contributed by atoms with Gasteiger partial charge in [-0.25, -0.2) is 0 Å². The van der Waals surface area contributed by atoms with Crippen LogP contribution in [0.2, 0.25) is 0 Å². The van der Waals surface area contributed by atoms with Gasteiger partial charge in [0.15, 0.2) is 0 Å². The Hall–Kier alpha value is -1.10. The Bertz CT molecular complexity index is 591. The van der Waals surface area contributed by atoms with Crippen LogP contribution in [0.25, 0.3) is 0 Å². The van der Waals surface area contributed by atoms with Crippen LogP contribution in [0.1, 0.15) is 195 Å². The van der Waals surface area contributed by atoms with Crippen LogP contribution in [0.3, 0.4) is 0 Å². The number of unbranched alkanes of at least 4 members (excludes halogenated alkanes) is 19. The minimum absolute atomic E-state index is 0.110. The average molecular weight is 597 g/mol. The van der Waals surface area contributed by atoms with Gasteiger partial charge in [0.25, 0.3) is 0 Å². The monoisotopic (exact) mass is 597 g/mol. The van der Waals surface area contributed by atoms with E-state index in [0.29, 0.717) is 12.8 Å². The number of carbonyl (C=O) groups is 2. The van der Waals surface area contributed by atoms with Crippen LogP contribution in [-0.2, 0) is 19.1 Å². The molecule has 2 atom stereocenters. The van der Waals surface area contributed by atoms with Gasteiger partial charge in [-0.15, -0.1) is 0 Å². The molecule has 0 rings (SSSR count). The predicted molar refractivity (Wildman–Crippen MR) is 178 cm³/mol. The van der Waals surface area contributed by atoms with Crippen molar-refractivity contribution in [2.24, 2.45) is 11.8 Å². The van der Waals surface area contributed by atoms with Crippen LogP contribution >= 0.6 is 0 Å². The van der Waals surface area contributed by atoms with E-state index in [0.717, 1.165) is 37.5 Å². The molecule has 42 heavy (non-hydrogen) atoms. The second-order valence-corrected chi connectivity index (χ2v) is 13.4. The van der Waals surface area contributed by atoms with E-state index in [1.165, 1.54) is 128 Å². The number of hydrogen-bond donors (Lipinski definition) is 1. The highest BCUT2D eigenvalue weighted by molar-refractivity contribution is 5.69. The lowest BCUT2D eigenvalue weighted by Crippen LogP contribution is -2.25. The van der Waals surface area contributed by atoms with Crippen molar-refractivity contribution in [3.05, 3.63) is 0 Å². The van der Waals surface area contributed by atoms with E-state index in [1.807, 2.05) is 0 Å². The van der Waals surface area contributed by atoms with E-state index in [4.69, 9.17) is 9.47 Å². The standard InChI is InChI=1S/C37H72O5/c1-5-34(4)28-24-20-16-12-9-10-14-18-22-26-30-37(40)42-32-35(38)31-41-36(39)29-25-21-17-13-8-6-7-11-15-19-23-27-33(2)3/h33-35,38H,5-32H2,1-4H3/t34?,35-/m1/s1. The largest absolute Gasteiger partial charge is 0.463 e. The van der Waals surface area contributed by atoms with E-state index in [9.17, 15) is 14.7 Å². The summed E-state index contributed by atoms with van der Waals surface area (Å²) >= 11 is 0. The molecule has 0 bridgehead atoms. The minimum atomic E-state index is -0.955. The van der Waals surface area contributed by atoms with Crippen molar-refractivity contribution >= 4 is 11.9 Å². The van der Waals surface area contributed by atoms with Crippen molar-refractivity contribution in [3.63, 3.8) is 0 Å². The van der Waals surface area contributed by atoms with Crippen LogP contribution in [0.15, 0.2) is 0 Å². The normalized spacial score (nSPS) is 12.9. The summed E-state index contributed by atoms with van der Waals surface area (Å²) in [4.78, 5) is 23.8. The molecule has 0 aliphatic rings. The Labute approximate surface area is 261 Å². The summed E-state index contributed by atoms with van der Waals surface area (Å²) in [6.45, 7) is 9.01. The van der Waals surface area contributed by atoms with Crippen molar-refractivity contribution in [2.75, 3.05) is 13.2 Å². The first-order valence-corrected chi connectivity index (χ1v) is 18.3. The van der Waals surface area contributed by atoms with Gasteiger partial charge in [-0.3, -0.25) is 9.59 Å². The lowest BCUT2D eigenvalue weighted by molar-refractivity contribution is -0.152. The molecule has 0 saturated heterocycles. The second-order valence-electron chi connectivity index (χ2n) is 13.4. The van der Waals surface area contributed by atoms with Crippen molar-refractivity contribution in [3.8, 4) is 0 Å². The van der Waals surface area contributed by atoms with Crippen molar-refractivity contribution in [2.45, 2.75) is 201 Å². The van der Waals surface area contributed by atoms with Gasteiger partial charge in [-0.05, 0) is 24.7 Å². The SMILES string of the molecule is CCC(C)CCCCCCCCCCCCC(=O)OC[C@H](O)COC(=O)CCCCCCCCCCCCCC(C)C. The van der Waals surface area contributed by atoms with Crippen LogP contribution in [-0.4, -0.2) is 36.4 Å². The van der Waals surface area contributed by atoms with Crippen LogP contribution in [0.4, 0.5) is 0 Å². The molecule has 0 fully saturated rings. The fraction of sp³-hybridized carbons (Fsp3) is 0.946. The van der Waals surface area contributed by atoms with Crippen LogP contribution in [0, 0.1) is 11.8 Å². The van der Waals surface area contributed by atoms with Crippen LogP contribution in [0.5, 0.6) is 0 Å². The Morgan fingerprint density at radius 1 is 0.500 bits per heavy atom. The summed E-state index contributed by atoms with van der Waals surface area (Å²) in [6, 6.07) is 0. The first kappa shape index (κ1) is 40.9. The summed E-state index contributed by atoms with van der Waals surface area (Å²) < 4.78 is 10.3. The maximum absolute atomic E-state index is 11.9. The number of esters is 2. The topological polar surface area (TPSA) is 72.8 Å². The van der Waals surface area contributed by atoms with Gasteiger partial charge in [0.05, 0.1) is 0 Å². The van der Waals surface area contributed by atoms with Gasteiger partial charge in [-0.1, -0.05) is 169 Å². The molecule has 1 N–H and O–H groups in total. The number of carbonyl (C=O) groups excluding carboxylic acids is 2. The predicted octanol–water partition coefficient (Wildman–Crippen LogP) is 10.9. The zero-order chi connectivity index (χ0) is 31.1. The van der Waals surface area contributed by atoms with Crippen LogP contribution < -0.4 is 0 Å². The van der Waals surface area contributed by atoms with Gasteiger partial charge >= 0.3 is 11.9 Å². The molecule has 0 heterocycles. The van der Waals surface area contributed by atoms with E-state index >= 15 is 0 Å². The van der Waals surface area contributed by atoms with E-state index in [2.05, 4.69) is 27.7 Å². The third kappa shape index (κ3) is 31.8. The molecule has 0 amide bonds. The summed E-state index contributed by atoms with van der Waals surface area (Å²) in [6.07, 6.45) is 30.0. The summed E-state index contributed by atoms with van der Waals surface area (Å²) in [7, 11) is 0. The summed E-state index contributed by atoms with van der Waals surface area (Å²) in [5.41, 5.74) is 0. The maximum Gasteiger partial charge on any atom is 0.305 e. The van der Waals surface area contributed by atoms with Gasteiger partial charge in [0, 0.05) is 12.8 Å². The van der Waals surface area contributed by atoms with E-state index in [1.54, 1.807) is 0 Å². The second kappa shape index (κ2) is 31.3. The Morgan fingerprint density at radius 2 is 0.810 bits per heavy atom. The molecule has 250 valence electrons. The molecular formula is C37H72O5. The highest BCUT2D eigenvalue weighted by atomic mass is 16.6. The molecule has 0 radical (unpaired) electrons. The third-order valence-corrected chi connectivity index (χ3v) is 8.56. The molecule has 0 saturated carbocycles. The Morgan fingerprint density at radius 3 is 1.14 bits per heavy atom. The summed E-state index contributed by atoms with van der Waals surface area (Å²) in [5, 5.41) is 9.98. The average Bonchev–Trinajstić information content (AvgIpc) is 2.97. The van der Waals surface area contributed by atoms with Crippen molar-refractivity contribution in [1.29, 1.82) is 0 Å². The molecule has 1 unspecified atom stereocenters. The molecular weight excluding hydrogens is 524 g/mol. The molecule has 0 aromatic rings. The molecule has 0 aromatic carbocycles. The molecule has 0 aromatic heterocycles. The maximum atomic E-state index is 11.9. The van der Waals surface area contributed by atoms with E-state index in [-0.39, 0.29) is 25.2 Å². The zero-order valence-corrected chi connectivity index (χ0v) is 28.6.